The Morgan fingerprint density at radius 1 is 1.25 bits per heavy atom. The van der Waals surface area contributed by atoms with Crippen molar-refractivity contribution in [3.05, 3.63) is 11.7 Å². The van der Waals surface area contributed by atoms with Crippen LogP contribution >= 0.6 is 0 Å². The van der Waals surface area contributed by atoms with Crippen molar-refractivity contribution in [3.8, 4) is 0 Å². The van der Waals surface area contributed by atoms with Gasteiger partial charge in [-0.3, -0.25) is 0 Å². The highest BCUT2D eigenvalue weighted by atomic mass is 16.5. The van der Waals surface area contributed by atoms with E-state index in [4.69, 9.17) is 4.52 Å². The van der Waals surface area contributed by atoms with Crippen molar-refractivity contribution >= 4 is 0 Å². The van der Waals surface area contributed by atoms with E-state index in [1.165, 1.54) is 19.3 Å². The smallest absolute Gasteiger partial charge is 0.226 e. The molecule has 12 heavy (non-hydrogen) atoms. The second-order valence-corrected chi connectivity index (χ2v) is 2.92. The molecule has 3 nitrogen and oxygen atoms in total. The van der Waals surface area contributed by atoms with Gasteiger partial charge in [-0.15, -0.1) is 0 Å². The van der Waals surface area contributed by atoms with E-state index < -0.39 is 0 Å². The summed E-state index contributed by atoms with van der Waals surface area (Å²) in [6, 6.07) is 0. The molecule has 0 unspecified atom stereocenters. The van der Waals surface area contributed by atoms with Gasteiger partial charge >= 0.3 is 0 Å². The second kappa shape index (κ2) is 4.91. The molecule has 0 aliphatic carbocycles. The Bertz CT molecular complexity index is 220. The summed E-state index contributed by atoms with van der Waals surface area (Å²) < 4.78 is 4.98. The van der Waals surface area contributed by atoms with Crippen LogP contribution in [-0.2, 0) is 12.8 Å². The maximum absolute atomic E-state index is 4.98. The van der Waals surface area contributed by atoms with E-state index in [0.29, 0.717) is 0 Å². The molecule has 0 aliphatic heterocycles. The molecule has 0 saturated heterocycles. The summed E-state index contributed by atoms with van der Waals surface area (Å²) in [5, 5.41) is 3.87. The third-order valence-electron chi connectivity index (χ3n) is 1.82. The summed E-state index contributed by atoms with van der Waals surface area (Å²) in [5.74, 6) is 1.61. The average molecular weight is 168 g/mol. The predicted octanol–water partition coefficient (Wildman–Crippen LogP) is 2.36. The van der Waals surface area contributed by atoms with Gasteiger partial charge in [0.2, 0.25) is 5.89 Å². The van der Waals surface area contributed by atoms with Crippen molar-refractivity contribution in [1.29, 1.82) is 0 Å². The van der Waals surface area contributed by atoms with Gasteiger partial charge < -0.3 is 4.52 Å². The summed E-state index contributed by atoms with van der Waals surface area (Å²) >= 11 is 0. The zero-order valence-corrected chi connectivity index (χ0v) is 7.84. The summed E-state index contributed by atoms with van der Waals surface area (Å²) in [4.78, 5) is 4.22. The minimum Gasteiger partial charge on any atom is -0.339 e. The molecule has 0 radical (unpaired) electrons. The number of hydrogen-bond donors (Lipinski definition) is 0. The van der Waals surface area contributed by atoms with E-state index in [2.05, 4.69) is 17.1 Å². The van der Waals surface area contributed by atoms with E-state index in [-0.39, 0.29) is 0 Å². The van der Waals surface area contributed by atoms with Crippen molar-refractivity contribution in [1.82, 2.24) is 10.1 Å². The number of aryl methyl sites for hydroxylation is 2. The summed E-state index contributed by atoms with van der Waals surface area (Å²) in [5.41, 5.74) is 0. The highest BCUT2D eigenvalue weighted by Gasteiger charge is 2.02. The van der Waals surface area contributed by atoms with Crippen molar-refractivity contribution in [3.63, 3.8) is 0 Å². The number of hydrogen-bond acceptors (Lipinski definition) is 3. The standard InChI is InChI=1S/C9H16N2O/c1-3-5-6-7-8-10-9(4-2)12-11-8/h3-7H2,1-2H3. The van der Waals surface area contributed by atoms with E-state index in [0.717, 1.165) is 24.6 Å². The lowest BCUT2D eigenvalue weighted by molar-refractivity contribution is 0.376. The average Bonchev–Trinajstić information content (AvgIpc) is 2.53. The fraction of sp³-hybridized carbons (Fsp3) is 0.778. The van der Waals surface area contributed by atoms with Crippen LogP contribution in [0, 0.1) is 0 Å². The van der Waals surface area contributed by atoms with Crippen LogP contribution in [-0.4, -0.2) is 10.1 Å². The van der Waals surface area contributed by atoms with Crippen LogP contribution in [0.25, 0.3) is 0 Å². The molecule has 0 saturated carbocycles. The molecule has 0 aromatic carbocycles. The summed E-state index contributed by atoms with van der Waals surface area (Å²) in [6.07, 6.45) is 5.44. The van der Waals surface area contributed by atoms with E-state index >= 15 is 0 Å². The van der Waals surface area contributed by atoms with Crippen molar-refractivity contribution in [2.45, 2.75) is 46.0 Å². The molecule has 1 rings (SSSR count). The third kappa shape index (κ3) is 2.64. The highest BCUT2D eigenvalue weighted by molar-refractivity contribution is 4.85. The number of rotatable bonds is 5. The topological polar surface area (TPSA) is 38.9 Å². The van der Waals surface area contributed by atoms with Crippen molar-refractivity contribution in [2.75, 3.05) is 0 Å². The predicted molar refractivity (Wildman–Crippen MR) is 46.9 cm³/mol. The molecule has 1 aromatic heterocycles. The molecule has 0 N–H and O–H groups in total. The van der Waals surface area contributed by atoms with Gasteiger partial charge in [0.05, 0.1) is 0 Å². The normalized spacial score (nSPS) is 10.5. The molecular weight excluding hydrogens is 152 g/mol. The fourth-order valence-electron chi connectivity index (χ4n) is 1.07. The molecule has 0 spiro atoms. The molecule has 68 valence electrons. The third-order valence-corrected chi connectivity index (χ3v) is 1.82. The SMILES string of the molecule is CCCCCc1noc(CC)n1. The van der Waals surface area contributed by atoms with Crippen molar-refractivity contribution < 1.29 is 4.52 Å². The first kappa shape index (κ1) is 9.23. The van der Waals surface area contributed by atoms with Crippen LogP contribution in [0.4, 0.5) is 0 Å². The minimum atomic E-state index is 0.751. The van der Waals surface area contributed by atoms with E-state index in [1.807, 2.05) is 6.92 Å². The Balaban J connectivity index is 2.31. The van der Waals surface area contributed by atoms with E-state index in [1.54, 1.807) is 0 Å². The Morgan fingerprint density at radius 3 is 2.67 bits per heavy atom. The number of aromatic nitrogens is 2. The quantitative estimate of drug-likeness (QED) is 0.633. The first-order chi connectivity index (χ1) is 5.86. The van der Waals surface area contributed by atoms with Crippen LogP contribution in [0.2, 0.25) is 0 Å². The zero-order valence-electron chi connectivity index (χ0n) is 7.84. The molecule has 3 heteroatoms. The lowest BCUT2D eigenvalue weighted by Gasteiger charge is -1.90. The van der Waals surface area contributed by atoms with Gasteiger partial charge in [-0.1, -0.05) is 31.8 Å². The monoisotopic (exact) mass is 168 g/mol. The molecule has 1 aromatic rings. The molecule has 0 bridgehead atoms. The Hall–Kier alpha value is -0.860. The number of unbranched alkanes of at least 4 members (excludes halogenated alkanes) is 2. The van der Waals surface area contributed by atoms with Gasteiger partial charge in [0.25, 0.3) is 0 Å². The van der Waals surface area contributed by atoms with E-state index in [9.17, 15) is 0 Å². The molecule has 0 fully saturated rings. The second-order valence-electron chi connectivity index (χ2n) is 2.92. The lowest BCUT2D eigenvalue weighted by Crippen LogP contribution is -1.88. The molecule has 1 heterocycles. The molecule has 0 amide bonds. The van der Waals surface area contributed by atoms with Gasteiger partial charge in [0.15, 0.2) is 5.82 Å². The van der Waals surface area contributed by atoms with Crippen LogP contribution in [0.3, 0.4) is 0 Å². The molecule has 0 atom stereocenters. The van der Waals surface area contributed by atoms with Crippen LogP contribution in [0.15, 0.2) is 4.52 Å². The first-order valence-electron chi connectivity index (χ1n) is 4.68. The molecular formula is C9H16N2O. The van der Waals surface area contributed by atoms with Crippen LogP contribution < -0.4 is 0 Å². The Labute approximate surface area is 73.2 Å². The number of nitrogens with zero attached hydrogens (tertiary/aromatic N) is 2. The van der Waals surface area contributed by atoms with Gasteiger partial charge in [0.1, 0.15) is 0 Å². The Kier molecular flexibility index (Phi) is 3.77. The summed E-state index contributed by atoms with van der Waals surface area (Å²) in [7, 11) is 0. The fourth-order valence-corrected chi connectivity index (χ4v) is 1.07. The highest BCUT2D eigenvalue weighted by Crippen LogP contribution is 2.03. The largest absolute Gasteiger partial charge is 0.339 e. The van der Waals surface area contributed by atoms with Crippen LogP contribution in [0.5, 0.6) is 0 Å². The zero-order chi connectivity index (χ0) is 8.81. The lowest BCUT2D eigenvalue weighted by atomic mass is 10.2. The van der Waals surface area contributed by atoms with Gasteiger partial charge in [-0.05, 0) is 6.42 Å². The van der Waals surface area contributed by atoms with Crippen molar-refractivity contribution in [2.24, 2.45) is 0 Å². The first-order valence-corrected chi connectivity index (χ1v) is 4.68. The summed E-state index contributed by atoms with van der Waals surface area (Å²) in [6.45, 7) is 4.21. The Morgan fingerprint density at radius 2 is 2.08 bits per heavy atom. The maximum atomic E-state index is 4.98. The molecule has 0 aliphatic rings. The van der Waals surface area contributed by atoms with Gasteiger partial charge in [-0.2, -0.15) is 4.98 Å². The minimum absolute atomic E-state index is 0.751. The van der Waals surface area contributed by atoms with Gasteiger partial charge in [-0.25, -0.2) is 0 Å². The van der Waals surface area contributed by atoms with Gasteiger partial charge in [0, 0.05) is 12.8 Å². The van der Waals surface area contributed by atoms with Crippen LogP contribution in [0.1, 0.15) is 44.8 Å². The maximum Gasteiger partial charge on any atom is 0.226 e.